The topological polar surface area (TPSA) is 86.4 Å². The van der Waals surface area contributed by atoms with Gasteiger partial charge in [0.15, 0.2) is 11.6 Å². The standard InChI is InChI=1S/C20H21F2N5O2/c21-19(22)29-16-3-10(5-24-18(16)23)14-4-15(17-12-7-28-8-13(12)17)26-20(25-14)27-6-9-1-11(27)2-9/h3-5,9,11-13,17,19H,1-2,6-8H2,(H2,23,24)/t9?,11?,12-,13+,17?. The van der Waals surface area contributed by atoms with E-state index in [4.69, 9.17) is 20.4 Å². The fraction of sp³-hybridized carbons (Fsp3) is 0.550. The summed E-state index contributed by atoms with van der Waals surface area (Å²) >= 11 is 0. The summed E-state index contributed by atoms with van der Waals surface area (Å²) in [5.74, 6) is 2.65. The molecule has 2 aromatic rings. The summed E-state index contributed by atoms with van der Waals surface area (Å²) in [7, 11) is 0. The van der Waals surface area contributed by atoms with Crippen molar-refractivity contribution in [1.82, 2.24) is 15.0 Å². The molecule has 0 amide bonds. The zero-order chi connectivity index (χ0) is 19.7. The van der Waals surface area contributed by atoms with Gasteiger partial charge in [0, 0.05) is 30.3 Å². The van der Waals surface area contributed by atoms with Gasteiger partial charge in [0.1, 0.15) is 0 Å². The molecule has 7 nitrogen and oxygen atoms in total. The molecule has 2 aliphatic carbocycles. The van der Waals surface area contributed by atoms with E-state index in [9.17, 15) is 8.78 Å². The first kappa shape index (κ1) is 17.3. The van der Waals surface area contributed by atoms with Crippen LogP contribution in [0.1, 0.15) is 24.5 Å². The van der Waals surface area contributed by atoms with Gasteiger partial charge in [-0.1, -0.05) is 0 Å². The third kappa shape index (κ3) is 2.82. The molecule has 0 radical (unpaired) electrons. The SMILES string of the molecule is Nc1ncc(-c2cc(C3[C@H]4COC[C@@H]34)nc(N3CC4CC3C4)n2)cc1OC(F)F. The Hall–Kier alpha value is -2.55. The average Bonchev–Trinajstić information content (AvgIpc) is 3.10. The molecule has 3 atom stereocenters. The van der Waals surface area contributed by atoms with Gasteiger partial charge < -0.3 is 20.1 Å². The predicted molar refractivity (Wildman–Crippen MR) is 101 cm³/mol. The van der Waals surface area contributed by atoms with Crippen LogP contribution >= 0.6 is 0 Å². The number of ether oxygens (including phenoxy) is 2. The number of pyridine rings is 1. The Kier molecular flexibility index (Phi) is 3.72. The maximum absolute atomic E-state index is 12.7. The summed E-state index contributed by atoms with van der Waals surface area (Å²) in [5.41, 5.74) is 7.95. The lowest BCUT2D eigenvalue weighted by molar-refractivity contribution is -0.0494. The number of nitrogens with two attached hydrogens (primary N) is 1. The number of aromatic nitrogens is 3. The van der Waals surface area contributed by atoms with Crippen LogP contribution in [-0.2, 0) is 4.74 Å². The molecule has 5 heterocycles. The number of alkyl halides is 2. The van der Waals surface area contributed by atoms with Gasteiger partial charge in [0.2, 0.25) is 5.95 Å². The van der Waals surface area contributed by atoms with E-state index < -0.39 is 6.61 Å². The average molecular weight is 401 g/mol. The summed E-state index contributed by atoms with van der Waals surface area (Å²) < 4.78 is 35.5. The maximum Gasteiger partial charge on any atom is 0.387 e. The van der Waals surface area contributed by atoms with E-state index in [1.165, 1.54) is 18.9 Å². The van der Waals surface area contributed by atoms with Crippen molar-refractivity contribution in [2.24, 2.45) is 17.8 Å². The predicted octanol–water partition coefficient (Wildman–Crippen LogP) is 2.68. The summed E-state index contributed by atoms with van der Waals surface area (Å²) in [5, 5.41) is 0. The molecule has 0 aromatic carbocycles. The lowest BCUT2D eigenvalue weighted by atomic mass is 9.86. The Morgan fingerprint density at radius 1 is 1.17 bits per heavy atom. The van der Waals surface area contributed by atoms with Crippen LogP contribution in [0.15, 0.2) is 18.3 Å². The van der Waals surface area contributed by atoms with Crippen molar-refractivity contribution in [2.45, 2.75) is 31.4 Å². The number of anilines is 2. The van der Waals surface area contributed by atoms with E-state index in [1.807, 2.05) is 6.07 Å². The normalized spacial score (nSPS) is 31.7. The lowest BCUT2D eigenvalue weighted by Crippen LogP contribution is -2.30. The van der Waals surface area contributed by atoms with Gasteiger partial charge in [-0.15, -0.1) is 0 Å². The van der Waals surface area contributed by atoms with Crippen molar-refractivity contribution in [3.8, 4) is 17.0 Å². The molecule has 2 aromatic heterocycles. The van der Waals surface area contributed by atoms with E-state index in [-0.39, 0.29) is 11.6 Å². The molecule has 2 saturated carbocycles. The zero-order valence-corrected chi connectivity index (χ0v) is 15.7. The molecule has 9 heteroatoms. The maximum atomic E-state index is 12.7. The van der Waals surface area contributed by atoms with Crippen molar-refractivity contribution < 1.29 is 18.3 Å². The number of nitrogens with zero attached hydrogens (tertiary/aromatic N) is 4. The number of nitrogen functional groups attached to an aromatic ring is 1. The molecule has 2 bridgehead atoms. The van der Waals surface area contributed by atoms with Gasteiger partial charge in [0.25, 0.3) is 0 Å². The summed E-state index contributed by atoms with van der Waals surface area (Å²) in [6, 6.07) is 3.93. The molecule has 29 heavy (non-hydrogen) atoms. The van der Waals surface area contributed by atoms with Gasteiger partial charge in [-0.3, -0.25) is 0 Å². The fourth-order valence-corrected chi connectivity index (χ4v) is 5.14. The highest BCUT2D eigenvalue weighted by Crippen LogP contribution is 2.57. The monoisotopic (exact) mass is 401 g/mol. The van der Waals surface area contributed by atoms with Gasteiger partial charge in [-0.2, -0.15) is 8.78 Å². The third-order valence-electron chi connectivity index (χ3n) is 6.78. The number of hydrogen-bond acceptors (Lipinski definition) is 7. The minimum Gasteiger partial charge on any atom is -0.431 e. The second-order valence-electron chi connectivity index (χ2n) is 8.50. The lowest BCUT2D eigenvalue weighted by Gasteiger charge is -2.26. The van der Waals surface area contributed by atoms with Gasteiger partial charge >= 0.3 is 6.61 Å². The molecule has 3 saturated heterocycles. The molecule has 0 spiro atoms. The Labute approximate surface area is 166 Å². The van der Waals surface area contributed by atoms with Crippen LogP contribution in [-0.4, -0.2) is 47.4 Å². The minimum absolute atomic E-state index is 0.0715. The Bertz CT molecular complexity index is 958. The second kappa shape index (κ2) is 6.22. The number of rotatable bonds is 5. The first-order chi connectivity index (χ1) is 14.1. The van der Waals surface area contributed by atoms with E-state index in [0.29, 0.717) is 35.1 Å². The first-order valence-corrected chi connectivity index (χ1v) is 10.0. The van der Waals surface area contributed by atoms with Crippen molar-refractivity contribution >= 4 is 11.8 Å². The third-order valence-corrected chi connectivity index (χ3v) is 6.78. The summed E-state index contributed by atoms with van der Waals surface area (Å²) in [6.45, 7) is -0.441. The fourth-order valence-electron chi connectivity index (χ4n) is 5.14. The molecular formula is C20H21F2N5O2. The minimum atomic E-state index is -2.96. The highest BCUT2D eigenvalue weighted by molar-refractivity contribution is 5.66. The molecule has 152 valence electrons. The number of hydrogen-bond donors (Lipinski definition) is 1. The van der Waals surface area contributed by atoms with E-state index in [1.54, 1.807) is 6.20 Å². The molecule has 7 rings (SSSR count). The van der Waals surface area contributed by atoms with Gasteiger partial charge in [-0.05, 0) is 42.7 Å². The Morgan fingerprint density at radius 3 is 2.66 bits per heavy atom. The highest BCUT2D eigenvalue weighted by atomic mass is 19.3. The van der Waals surface area contributed by atoms with Crippen molar-refractivity contribution in [1.29, 1.82) is 0 Å². The smallest absolute Gasteiger partial charge is 0.387 e. The summed E-state index contributed by atoms with van der Waals surface area (Å²) in [4.78, 5) is 16.0. The molecule has 5 aliphatic rings. The molecule has 2 N–H and O–H groups in total. The largest absolute Gasteiger partial charge is 0.431 e. The van der Waals surface area contributed by atoms with Crippen molar-refractivity contribution in [3.05, 3.63) is 24.0 Å². The van der Waals surface area contributed by atoms with Crippen molar-refractivity contribution in [3.63, 3.8) is 0 Å². The first-order valence-electron chi connectivity index (χ1n) is 10.0. The van der Waals surface area contributed by atoms with Gasteiger partial charge in [-0.25, -0.2) is 15.0 Å². The Morgan fingerprint density at radius 2 is 1.97 bits per heavy atom. The van der Waals surface area contributed by atoms with Crippen LogP contribution in [0.4, 0.5) is 20.5 Å². The zero-order valence-electron chi connectivity index (χ0n) is 15.7. The van der Waals surface area contributed by atoms with E-state index in [0.717, 1.165) is 37.3 Å². The molecule has 5 fully saturated rings. The van der Waals surface area contributed by atoms with Crippen LogP contribution in [0.3, 0.4) is 0 Å². The molecular weight excluding hydrogens is 380 g/mol. The van der Waals surface area contributed by atoms with Crippen LogP contribution in [0.25, 0.3) is 11.3 Å². The van der Waals surface area contributed by atoms with Crippen LogP contribution in [0, 0.1) is 17.8 Å². The van der Waals surface area contributed by atoms with Crippen molar-refractivity contribution in [2.75, 3.05) is 30.4 Å². The van der Waals surface area contributed by atoms with Gasteiger partial charge in [0.05, 0.1) is 24.6 Å². The van der Waals surface area contributed by atoms with Crippen LogP contribution < -0.4 is 15.4 Å². The molecule has 3 aliphatic heterocycles. The quantitative estimate of drug-likeness (QED) is 0.824. The van der Waals surface area contributed by atoms with E-state index >= 15 is 0 Å². The second-order valence-corrected chi connectivity index (χ2v) is 8.50. The Balaban J connectivity index is 1.40. The summed E-state index contributed by atoms with van der Waals surface area (Å²) in [6.07, 6.45) is 3.94. The molecule has 1 unspecified atom stereocenters. The number of fused-ring (bicyclic) bond motifs is 2. The number of halogens is 2. The van der Waals surface area contributed by atoms with Crippen LogP contribution in [0.5, 0.6) is 5.75 Å². The highest BCUT2D eigenvalue weighted by Gasteiger charge is 2.56. The van der Waals surface area contributed by atoms with Crippen LogP contribution in [0.2, 0.25) is 0 Å². The van der Waals surface area contributed by atoms with E-state index in [2.05, 4.69) is 14.6 Å².